The van der Waals surface area contributed by atoms with Gasteiger partial charge in [-0.25, -0.2) is 8.42 Å². The average molecular weight is 593 g/mol. The summed E-state index contributed by atoms with van der Waals surface area (Å²) in [6, 6.07) is 19.5. The van der Waals surface area contributed by atoms with Crippen molar-refractivity contribution in [1.29, 1.82) is 0 Å². The molecular weight excluding hydrogens is 560 g/mol. The lowest BCUT2D eigenvalue weighted by molar-refractivity contribution is -0.384. The minimum absolute atomic E-state index is 0.144. The van der Waals surface area contributed by atoms with Crippen LogP contribution < -0.4 is 9.62 Å². The van der Waals surface area contributed by atoms with Gasteiger partial charge in [-0.1, -0.05) is 30.3 Å². The number of anilines is 2. The number of carbonyl (C=O) groups excluding carboxylic acids is 2. The number of hydrogen-bond acceptors (Lipinski definition) is 8. The maximum Gasteiger partial charge on any atom is 0.269 e. The highest BCUT2D eigenvalue weighted by atomic mass is 32.2. The summed E-state index contributed by atoms with van der Waals surface area (Å²) in [4.78, 5) is 45.0. The number of likely N-dealkylation sites (N-methyl/N-ethyl adjacent to an activating group) is 2. The van der Waals surface area contributed by atoms with E-state index < -0.39 is 20.9 Å². The summed E-state index contributed by atoms with van der Waals surface area (Å²) in [5.41, 5.74) is 2.49. The van der Waals surface area contributed by atoms with Gasteiger partial charge in [0.05, 0.1) is 28.3 Å². The van der Waals surface area contributed by atoms with Crippen molar-refractivity contribution in [2.45, 2.75) is 5.92 Å². The van der Waals surface area contributed by atoms with Gasteiger partial charge in [-0.05, 0) is 50.0 Å². The minimum Gasteiger partial charge on any atom is -0.343 e. The predicted octanol–water partition coefficient (Wildman–Crippen LogP) is 3.24. The molecule has 1 N–H and O–H groups in total. The highest BCUT2D eigenvalue weighted by Gasteiger charge is 2.36. The summed E-state index contributed by atoms with van der Waals surface area (Å²) in [5.74, 6) is -1.63. The standard InChI is InChI=1S/C29H32N6O6S/c1-32(2)16-17-33(3)26(36)19-34(42(4,40)41)22-12-10-21(11-13-22)30-28(20-8-6-5-7-9-20)27-24-18-23(35(38)39)14-15-25(24)31-29(27)37/h5-15,18,27H,16-17,19H2,1-4H3,(H,31,37). The van der Waals surface area contributed by atoms with Gasteiger partial charge in [0.1, 0.15) is 12.5 Å². The third kappa shape index (κ3) is 6.98. The van der Waals surface area contributed by atoms with Crippen LogP contribution >= 0.6 is 0 Å². The number of nitrogens with zero attached hydrogens (tertiary/aromatic N) is 5. The molecule has 0 saturated carbocycles. The number of sulfonamides is 1. The number of benzene rings is 3. The van der Waals surface area contributed by atoms with Crippen LogP contribution in [0.3, 0.4) is 0 Å². The molecule has 220 valence electrons. The van der Waals surface area contributed by atoms with Crippen LogP contribution in [0.1, 0.15) is 17.0 Å². The zero-order valence-electron chi connectivity index (χ0n) is 23.7. The van der Waals surface area contributed by atoms with Crippen molar-refractivity contribution in [3.8, 4) is 0 Å². The third-order valence-electron chi connectivity index (χ3n) is 6.79. The molecule has 3 aromatic rings. The molecule has 13 heteroatoms. The molecular formula is C29H32N6O6S. The van der Waals surface area contributed by atoms with Crippen LogP contribution in [-0.4, -0.2) is 87.7 Å². The molecule has 0 saturated heterocycles. The number of rotatable bonds is 11. The lowest BCUT2D eigenvalue weighted by Crippen LogP contribution is -2.43. The van der Waals surface area contributed by atoms with E-state index >= 15 is 0 Å². The Morgan fingerprint density at radius 2 is 1.67 bits per heavy atom. The van der Waals surface area contributed by atoms with E-state index in [-0.39, 0.29) is 29.7 Å². The number of hydrogen-bond donors (Lipinski definition) is 1. The van der Waals surface area contributed by atoms with E-state index in [1.807, 2.05) is 25.1 Å². The Morgan fingerprint density at radius 3 is 2.26 bits per heavy atom. The van der Waals surface area contributed by atoms with E-state index in [4.69, 9.17) is 4.99 Å². The molecule has 0 spiro atoms. The second kappa shape index (κ2) is 12.5. The zero-order chi connectivity index (χ0) is 30.6. The van der Waals surface area contributed by atoms with Crippen molar-refractivity contribution in [2.75, 3.05) is 56.7 Å². The number of carbonyl (C=O) groups is 2. The first-order valence-electron chi connectivity index (χ1n) is 13.0. The van der Waals surface area contributed by atoms with E-state index in [0.29, 0.717) is 41.3 Å². The second-order valence-corrected chi connectivity index (χ2v) is 12.1. The van der Waals surface area contributed by atoms with Gasteiger partial charge in [-0.3, -0.25) is 29.0 Å². The van der Waals surface area contributed by atoms with E-state index in [2.05, 4.69) is 5.32 Å². The molecule has 0 fully saturated rings. The number of aliphatic imine (C=N–C) groups is 1. The molecule has 1 aliphatic heterocycles. The smallest absolute Gasteiger partial charge is 0.269 e. The van der Waals surface area contributed by atoms with Gasteiger partial charge in [0.15, 0.2) is 0 Å². The molecule has 1 atom stereocenters. The fraction of sp³-hybridized carbons (Fsp3) is 0.276. The van der Waals surface area contributed by atoms with E-state index in [1.54, 1.807) is 55.6 Å². The molecule has 42 heavy (non-hydrogen) atoms. The van der Waals surface area contributed by atoms with Crippen LogP contribution in [0.2, 0.25) is 0 Å². The zero-order valence-corrected chi connectivity index (χ0v) is 24.5. The molecule has 4 rings (SSSR count). The molecule has 0 radical (unpaired) electrons. The Hall–Kier alpha value is -4.62. The Labute approximate surface area is 244 Å². The SMILES string of the molecule is CN(C)CCN(C)C(=O)CN(c1ccc(N=C(c2ccccc2)C2C(=O)Nc3ccc([N+](=O)[O-])cc32)cc1)S(C)(=O)=O. The fourth-order valence-corrected chi connectivity index (χ4v) is 5.34. The third-order valence-corrected chi connectivity index (χ3v) is 7.94. The highest BCUT2D eigenvalue weighted by molar-refractivity contribution is 7.92. The fourth-order valence-electron chi connectivity index (χ4n) is 4.49. The number of nitro benzene ring substituents is 1. The monoisotopic (exact) mass is 592 g/mol. The summed E-state index contributed by atoms with van der Waals surface area (Å²) >= 11 is 0. The number of fused-ring (bicyclic) bond motifs is 1. The van der Waals surface area contributed by atoms with Crippen LogP contribution in [-0.2, 0) is 19.6 Å². The Morgan fingerprint density at radius 1 is 1.00 bits per heavy atom. The van der Waals surface area contributed by atoms with E-state index in [9.17, 15) is 28.1 Å². The summed E-state index contributed by atoms with van der Waals surface area (Å²) < 4.78 is 26.3. The first-order valence-corrected chi connectivity index (χ1v) is 14.9. The normalized spacial score (nSPS) is 14.8. The molecule has 1 aliphatic rings. The lowest BCUT2D eigenvalue weighted by atomic mass is 9.90. The number of nitro groups is 1. The second-order valence-electron chi connectivity index (χ2n) is 10.2. The van der Waals surface area contributed by atoms with Crippen molar-refractivity contribution in [1.82, 2.24) is 9.80 Å². The van der Waals surface area contributed by atoms with Crippen LogP contribution in [0, 0.1) is 10.1 Å². The summed E-state index contributed by atoms with van der Waals surface area (Å²) in [7, 11) is 1.61. The van der Waals surface area contributed by atoms with Crippen molar-refractivity contribution >= 4 is 50.3 Å². The van der Waals surface area contributed by atoms with Crippen molar-refractivity contribution < 1.29 is 22.9 Å². The quantitative estimate of drug-likeness (QED) is 0.204. The molecule has 0 bridgehead atoms. The van der Waals surface area contributed by atoms with Gasteiger partial charge in [-0.15, -0.1) is 0 Å². The predicted molar refractivity (Wildman–Crippen MR) is 162 cm³/mol. The van der Waals surface area contributed by atoms with Gasteiger partial charge in [0.2, 0.25) is 21.8 Å². The number of amides is 2. The molecule has 12 nitrogen and oxygen atoms in total. The number of nitrogens with one attached hydrogen (secondary N) is 1. The Bertz CT molecular complexity index is 1620. The van der Waals surface area contributed by atoms with Crippen LogP contribution in [0.25, 0.3) is 0 Å². The van der Waals surface area contributed by atoms with Crippen molar-refractivity contribution in [3.63, 3.8) is 0 Å². The van der Waals surface area contributed by atoms with Gasteiger partial charge < -0.3 is 15.1 Å². The summed E-state index contributed by atoms with van der Waals surface area (Å²) in [6.45, 7) is 0.716. The molecule has 1 unspecified atom stereocenters. The molecule has 1 heterocycles. The van der Waals surface area contributed by atoms with Gasteiger partial charge in [0.25, 0.3) is 5.69 Å². The van der Waals surface area contributed by atoms with Crippen molar-refractivity contribution in [2.24, 2.45) is 4.99 Å². The maximum atomic E-state index is 13.1. The van der Waals surface area contributed by atoms with Crippen LogP contribution in [0.5, 0.6) is 0 Å². The molecule has 0 aliphatic carbocycles. The van der Waals surface area contributed by atoms with Crippen LogP contribution in [0.15, 0.2) is 77.8 Å². The van der Waals surface area contributed by atoms with E-state index in [0.717, 1.165) is 10.6 Å². The van der Waals surface area contributed by atoms with E-state index in [1.165, 1.54) is 23.1 Å². The summed E-state index contributed by atoms with van der Waals surface area (Å²) in [6.07, 6.45) is 1.04. The molecule has 2 amide bonds. The Kier molecular flexibility index (Phi) is 9.02. The van der Waals surface area contributed by atoms with Gasteiger partial charge >= 0.3 is 0 Å². The number of non-ortho nitro benzene ring substituents is 1. The largest absolute Gasteiger partial charge is 0.343 e. The van der Waals surface area contributed by atoms with Gasteiger partial charge in [0, 0.05) is 43.5 Å². The average Bonchev–Trinajstić information content (AvgIpc) is 3.28. The first-order chi connectivity index (χ1) is 19.8. The maximum absolute atomic E-state index is 13.1. The van der Waals surface area contributed by atoms with Gasteiger partial charge in [-0.2, -0.15) is 0 Å². The minimum atomic E-state index is -3.79. The molecule has 0 aromatic heterocycles. The molecule has 3 aromatic carbocycles. The highest BCUT2D eigenvalue weighted by Crippen LogP contribution is 2.38. The summed E-state index contributed by atoms with van der Waals surface area (Å²) in [5, 5.41) is 14.2. The van der Waals surface area contributed by atoms with Crippen molar-refractivity contribution in [3.05, 3.63) is 94.0 Å². The lowest BCUT2D eigenvalue weighted by Gasteiger charge is -2.26. The van der Waals surface area contributed by atoms with Crippen LogP contribution in [0.4, 0.5) is 22.7 Å². The first kappa shape index (κ1) is 30.3. The topological polar surface area (TPSA) is 146 Å². The Balaban J connectivity index is 1.69.